The monoisotopic (exact) mass is 187 g/mol. The van der Waals surface area contributed by atoms with E-state index in [0.717, 1.165) is 0 Å². The van der Waals surface area contributed by atoms with Crippen molar-refractivity contribution in [2.24, 2.45) is 0 Å². The highest BCUT2D eigenvalue weighted by atomic mass is 16.2. The lowest BCUT2D eigenvalue weighted by atomic mass is 10.1. The van der Waals surface area contributed by atoms with Gasteiger partial charge in [0.05, 0.1) is 6.67 Å². The number of nitrogens with one attached hydrogen (secondary N) is 2. The van der Waals surface area contributed by atoms with Crippen LogP contribution in [0.5, 0.6) is 0 Å². The second-order valence-electron chi connectivity index (χ2n) is 3.16. The highest BCUT2D eigenvalue weighted by Crippen LogP contribution is 2.14. The van der Waals surface area contributed by atoms with Crippen molar-refractivity contribution in [2.45, 2.75) is 12.2 Å². The molecule has 2 fully saturated rings. The Balaban J connectivity index is 2.30. The van der Waals surface area contributed by atoms with Gasteiger partial charge in [-0.2, -0.15) is 0 Å². The summed E-state index contributed by atoms with van der Waals surface area (Å²) in [4.78, 5) is 25.3. The number of imide groups is 1. The highest BCUT2D eigenvalue weighted by Gasteiger charge is 2.44. The molecule has 0 bridgehead atoms. The van der Waals surface area contributed by atoms with Gasteiger partial charge in [-0.3, -0.25) is 19.9 Å². The minimum Gasteiger partial charge on any atom is -0.320 e. The van der Waals surface area contributed by atoms with Gasteiger partial charge in [-0.15, -0.1) is 0 Å². The molecule has 2 aliphatic heterocycles. The summed E-state index contributed by atoms with van der Waals surface area (Å²) in [6.07, 6.45) is -0.511. The van der Waals surface area contributed by atoms with Gasteiger partial charge >= 0.3 is 6.03 Å². The maximum absolute atomic E-state index is 11.9. The number of hydrogen-bond acceptors (Lipinski definition) is 4. The second kappa shape index (κ2) is 2.68. The first-order valence-corrected chi connectivity index (χ1v) is 3.90. The van der Waals surface area contributed by atoms with E-state index in [4.69, 9.17) is 4.11 Å². The molecule has 2 unspecified atom stereocenters. The van der Waals surface area contributed by atoms with Crippen molar-refractivity contribution >= 4 is 11.9 Å². The molecule has 72 valence electrons. The molecular formula is C7H12N4O2. The molecule has 0 aliphatic carbocycles. The normalized spacial score (nSPS) is 39.2. The summed E-state index contributed by atoms with van der Waals surface area (Å²) in [6.45, 7) is -2.31. The van der Waals surface area contributed by atoms with Crippen LogP contribution >= 0.6 is 0 Å². The van der Waals surface area contributed by atoms with E-state index >= 15 is 0 Å². The fraction of sp³-hybridized carbons (Fsp3) is 0.714. The van der Waals surface area contributed by atoms with E-state index in [9.17, 15) is 9.59 Å². The van der Waals surface area contributed by atoms with E-state index in [2.05, 4.69) is 10.6 Å². The van der Waals surface area contributed by atoms with Gasteiger partial charge < -0.3 is 5.32 Å². The summed E-state index contributed by atoms with van der Waals surface area (Å²) in [5, 5.41) is 5.35. The molecule has 0 radical (unpaired) electrons. The van der Waals surface area contributed by atoms with Crippen LogP contribution in [0.3, 0.4) is 0 Å². The van der Waals surface area contributed by atoms with E-state index in [-0.39, 0.29) is 0 Å². The molecule has 2 heterocycles. The largest absolute Gasteiger partial charge is 0.325 e. The quantitative estimate of drug-likeness (QED) is 0.477. The molecule has 2 saturated heterocycles. The molecule has 6 heteroatoms. The standard InChI is InChI=1S/C7H12N4O2/c1-10-3-8-5-4(10)6(12)11(2)7(13)9-5/h4-5,8H,3H2,1-2H3,(H,9,13)/i2D3. The fourth-order valence-electron chi connectivity index (χ4n) is 1.60. The van der Waals surface area contributed by atoms with Crippen LogP contribution in [-0.2, 0) is 4.79 Å². The van der Waals surface area contributed by atoms with Crippen LogP contribution in [0.25, 0.3) is 0 Å². The van der Waals surface area contributed by atoms with Crippen LogP contribution in [0, 0.1) is 0 Å². The molecule has 0 aromatic carbocycles. The Morgan fingerprint density at radius 1 is 1.62 bits per heavy atom. The third-order valence-electron chi connectivity index (χ3n) is 2.31. The molecular weight excluding hydrogens is 172 g/mol. The van der Waals surface area contributed by atoms with Crippen LogP contribution in [0.15, 0.2) is 0 Å². The van der Waals surface area contributed by atoms with Gasteiger partial charge in [0.2, 0.25) is 0 Å². The highest BCUT2D eigenvalue weighted by molar-refractivity contribution is 6.00. The molecule has 2 aliphatic rings. The first-order chi connectivity index (χ1) is 7.32. The first-order valence-electron chi connectivity index (χ1n) is 5.40. The first kappa shape index (κ1) is 5.56. The van der Waals surface area contributed by atoms with Gasteiger partial charge in [0, 0.05) is 11.1 Å². The van der Waals surface area contributed by atoms with E-state index in [0.29, 0.717) is 11.6 Å². The molecule has 2 rings (SSSR count). The number of urea groups is 1. The van der Waals surface area contributed by atoms with Crippen molar-refractivity contribution < 1.29 is 13.7 Å². The molecule has 0 aromatic heterocycles. The Bertz CT molecular complexity index is 345. The van der Waals surface area contributed by atoms with Crippen molar-refractivity contribution in [3.8, 4) is 0 Å². The van der Waals surface area contributed by atoms with Crippen LogP contribution in [0.1, 0.15) is 4.11 Å². The summed E-state index contributed by atoms with van der Waals surface area (Å²) >= 11 is 0. The molecule has 6 nitrogen and oxygen atoms in total. The predicted octanol–water partition coefficient (Wildman–Crippen LogP) is -1.64. The molecule has 0 spiro atoms. The molecule has 2 N–H and O–H groups in total. The Hall–Kier alpha value is -1.14. The maximum atomic E-state index is 11.9. The second-order valence-corrected chi connectivity index (χ2v) is 3.16. The molecule has 3 amide bonds. The lowest BCUT2D eigenvalue weighted by Crippen LogP contribution is -2.64. The average Bonchev–Trinajstić information content (AvgIpc) is 2.44. The number of nitrogens with zero attached hydrogens (tertiary/aromatic N) is 2. The zero-order valence-corrected chi connectivity index (χ0v) is 7.07. The summed E-state index contributed by atoms with van der Waals surface area (Å²) in [6, 6.07) is -1.54. The zero-order valence-electron chi connectivity index (χ0n) is 10.1. The Morgan fingerprint density at radius 2 is 2.38 bits per heavy atom. The number of rotatable bonds is 0. The minimum absolute atomic E-state index is 0.303. The summed E-state index contributed by atoms with van der Waals surface area (Å²) in [5.74, 6) is -0.693. The maximum Gasteiger partial charge on any atom is 0.325 e. The lowest BCUT2D eigenvalue weighted by Gasteiger charge is -2.33. The SMILES string of the molecule is [2H]C([2H])([2H])N1C(=O)NC2NCN(C)C2C1=O. The lowest BCUT2D eigenvalue weighted by molar-refractivity contribution is -0.133. The predicted molar refractivity (Wildman–Crippen MR) is 44.6 cm³/mol. The fourth-order valence-corrected chi connectivity index (χ4v) is 1.60. The Kier molecular flexibility index (Phi) is 1.15. The third kappa shape index (κ3) is 1.10. The molecule has 2 atom stereocenters. The Labute approximate surface area is 80.1 Å². The molecule has 0 aromatic rings. The number of amides is 3. The topological polar surface area (TPSA) is 64.7 Å². The number of carbonyl (C=O) groups excluding carboxylic acids is 2. The van der Waals surface area contributed by atoms with Gasteiger partial charge in [0.1, 0.15) is 12.2 Å². The van der Waals surface area contributed by atoms with E-state index in [1.807, 2.05) is 0 Å². The van der Waals surface area contributed by atoms with Gasteiger partial charge in [-0.05, 0) is 7.05 Å². The number of hydrogen-bond donors (Lipinski definition) is 2. The van der Waals surface area contributed by atoms with Crippen LogP contribution < -0.4 is 10.6 Å². The van der Waals surface area contributed by atoms with E-state index in [1.54, 1.807) is 11.9 Å². The van der Waals surface area contributed by atoms with Crippen LogP contribution in [0.2, 0.25) is 0 Å². The van der Waals surface area contributed by atoms with Crippen molar-refractivity contribution in [3.63, 3.8) is 0 Å². The number of carbonyl (C=O) groups is 2. The molecule has 13 heavy (non-hydrogen) atoms. The number of fused-ring (bicyclic) bond motifs is 1. The summed E-state index contributed by atoms with van der Waals surface area (Å²) in [5.41, 5.74) is 0. The number of likely N-dealkylation sites (N-methyl/N-ethyl adjacent to an activating group) is 2. The van der Waals surface area contributed by atoms with Gasteiger partial charge in [-0.1, -0.05) is 0 Å². The van der Waals surface area contributed by atoms with E-state index < -0.39 is 31.1 Å². The van der Waals surface area contributed by atoms with Crippen molar-refractivity contribution in [1.29, 1.82) is 0 Å². The van der Waals surface area contributed by atoms with Crippen LogP contribution in [0.4, 0.5) is 4.79 Å². The van der Waals surface area contributed by atoms with Crippen molar-refractivity contribution in [1.82, 2.24) is 20.4 Å². The smallest absolute Gasteiger partial charge is 0.320 e. The van der Waals surface area contributed by atoms with Gasteiger partial charge in [-0.25, -0.2) is 4.79 Å². The summed E-state index contributed by atoms with van der Waals surface area (Å²) < 4.78 is 21.4. The van der Waals surface area contributed by atoms with Gasteiger partial charge in [0.15, 0.2) is 0 Å². The van der Waals surface area contributed by atoms with Crippen LogP contribution in [-0.4, -0.2) is 54.6 Å². The van der Waals surface area contributed by atoms with Crippen molar-refractivity contribution in [3.05, 3.63) is 0 Å². The van der Waals surface area contributed by atoms with Gasteiger partial charge in [0.25, 0.3) is 5.91 Å². The molecule has 0 saturated carbocycles. The van der Waals surface area contributed by atoms with E-state index in [1.165, 1.54) is 0 Å². The average molecular weight is 187 g/mol. The zero-order chi connectivity index (χ0) is 12.1. The third-order valence-corrected chi connectivity index (χ3v) is 2.31. The van der Waals surface area contributed by atoms with Crippen molar-refractivity contribution in [2.75, 3.05) is 20.7 Å². The Morgan fingerprint density at radius 3 is 3.08 bits per heavy atom. The summed E-state index contributed by atoms with van der Waals surface area (Å²) in [7, 11) is 1.69. The minimum atomic E-state index is -2.74.